The van der Waals surface area contributed by atoms with Gasteiger partial charge in [0.05, 0.1) is 12.2 Å². The van der Waals surface area contributed by atoms with E-state index in [2.05, 4.69) is 0 Å². The van der Waals surface area contributed by atoms with Gasteiger partial charge >= 0.3 is 11.9 Å². The SMILES string of the molecule is CC(F)(F)C(=O)OCC12CC3CC1CC(O)(C3)C2. The first-order valence-electron chi connectivity index (χ1n) is 6.50. The molecule has 4 saturated carbocycles. The van der Waals surface area contributed by atoms with E-state index in [9.17, 15) is 18.7 Å². The van der Waals surface area contributed by atoms with Gasteiger partial charge in [0.25, 0.3) is 0 Å². The molecular formula is C13H18F2O3. The molecular weight excluding hydrogens is 242 g/mol. The number of ether oxygens (including phenoxy) is 1. The monoisotopic (exact) mass is 260 g/mol. The van der Waals surface area contributed by atoms with Crippen molar-refractivity contribution in [2.45, 2.75) is 50.6 Å². The lowest BCUT2D eigenvalue weighted by Crippen LogP contribution is -2.38. The van der Waals surface area contributed by atoms with Crippen molar-refractivity contribution in [1.29, 1.82) is 0 Å². The molecule has 4 fully saturated rings. The predicted octanol–water partition coefficient (Wildman–Crippen LogP) is 2.13. The van der Waals surface area contributed by atoms with Crippen LogP contribution in [-0.4, -0.2) is 29.2 Å². The first-order chi connectivity index (χ1) is 8.23. The minimum Gasteiger partial charge on any atom is -0.461 e. The first kappa shape index (κ1) is 12.3. The van der Waals surface area contributed by atoms with E-state index in [-0.39, 0.29) is 12.0 Å². The minimum absolute atomic E-state index is 0.0404. The molecule has 18 heavy (non-hydrogen) atoms. The predicted molar refractivity (Wildman–Crippen MR) is 59.0 cm³/mol. The van der Waals surface area contributed by atoms with Gasteiger partial charge in [-0.25, -0.2) is 4.79 Å². The lowest BCUT2D eigenvalue weighted by Gasteiger charge is -2.37. The summed E-state index contributed by atoms with van der Waals surface area (Å²) in [5.41, 5.74) is -0.869. The molecule has 4 unspecified atom stereocenters. The van der Waals surface area contributed by atoms with Crippen molar-refractivity contribution in [3.8, 4) is 0 Å². The van der Waals surface area contributed by atoms with E-state index >= 15 is 0 Å². The molecule has 0 aromatic heterocycles. The Kier molecular flexibility index (Phi) is 2.35. The molecule has 5 heteroatoms. The standard InChI is InChI=1S/C13H18F2O3/c1-11(14,15)10(16)18-7-12-3-8-2-9(12)5-13(17,4-8)6-12/h8-9,17H,2-7H2,1H3. The van der Waals surface area contributed by atoms with Crippen LogP contribution in [0.3, 0.4) is 0 Å². The molecule has 0 saturated heterocycles. The maximum absolute atomic E-state index is 12.8. The van der Waals surface area contributed by atoms with Crippen molar-refractivity contribution >= 4 is 5.97 Å². The smallest absolute Gasteiger partial charge is 0.376 e. The third kappa shape index (κ3) is 1.75. The van der Waals surface area contributed by atoms with E-state index in [4.69, 9.17) is 4.74 Å². The molecule has 4 aliphatic rings. The Bertz CT molecular complexity index is 392. The van der Waals surface area contributed by atoms with Crippen LogP contribution in [0.15, 0.2) is 0 Å². The molecule has 0 aliphatic heterocycles. The highest BCUT2D eigenvalue weighted by Gasteiger charge is 2.64. The number of carbonyl (C=O) groups is 1. The first-order valence-corrected chi connectivity index (χ1v) is 6.50. The van der Waals surface area contributed by atoms with E-state index < -0.39 is 17.5 Å². The Morgan fingerprint density at radius 3 is 2.78 bits per heavy atom. The number of alkyl halides is 2. The normalized spacial score (nSPS) is 45.6. The summed E-state index contributed by atoms with van der Waals surface area (Å²) < 4.78 is 30.3. The molecule has 4 atom stereocenters. The van der Waals surface area contributed by atoms with Crippen molar-refractivity contribution < 1.29 is 23.4 Å². The van der Waals surface area contributed by atoms with Gasteiger partial charge in [-0.1, -0.05) is 0 Å². The summed E-state index contributed by atoms with van der Waals surface area (Å²) in [5, 5.41) is 10.3. The number of esters is 1. The third-order valence-electron chi connectivity index (χ3n) is 5.00. The number of aliphatic hydroxyl groups is 1. The van der Waals surface area contributed by atoms with Crippen LogP contribution in [0.1, 0.15) is 39.0 Å². The lowest BCUT2D eigenvalue weighted by molar-refractivity contribution is -0.174. The number of rotatable bonds is 3. The lowest BCUT2D eigenvalue weighted by atomic mass is 9.74. The van der Waals surface area contributed by atoms with E-state index in [0.29, 0.717) is 25.2 Å². The molecule has 0 spiro atoms. The molecule has 3 nitrogen and oxygen atoms in total. The number of hydrogen-bond acceptors (Lipinski definition) is 3. The van der Waals surface area contributed by atoms with Gasteiger partial charge in [0, 0.05) is 12.3 Å². The molecule has 1 N–H and O–H groups in total. The molecule has 102 valence electrons. The summed E-state index contributed by atoms with van der Waals surface area (Å²) in [6, 6.07) is 0. The van der Waals surface area contributed by atoms with Crippen molar-refractivity contribution in [2.24, 2.45) is 17.3 Å². The van der Waals surface area contributed by atoms with Gasteiger partial charge in [-0.2, -0.15) is 8.78 Å². The number of halogens is 2. The summed E-state index contributed by atoms with van der Waals surface area (Å²) >= 11 is 0. The van der Waals surface area contributed by atoms with Crippen LogP contribution in [0, 0.1) is 17.3 Å². The average molecular weight is 260 g/mol. The maximum Gasteiger partial charge on any atom is 0.376 e. The maximum atomic E-state index is 12.8. The van der Waals surface area contributed by atoms with Crippen molar-refractivity contribution in [3.63, 3.8) is 0 Å². The largest absolute Gasteiger partial charge is 0.461 e. The summed E-state index contributed by atoms with van der Waals surface area (Å²) in [6.07, 6.45) is 4.11. The second kappa shape index (κ2) is 3.44. The molecule has 0 aromatic rings. The Morgan fingerprint density at radius 1 is 1.44 bits per heavy atom. The summed E-state index contributed by atoms with van der Waals surface area (Å²) in [7, 11) is 0. The fourth-order valence-corrected chi connectivity index (χ4v) is 4.59. The van der Waals surface area contributed by atoms with Crippen LogP contribution in [0.5, 0.6) is 0 Å². The second-order valence-electron chi connectivity index (χ2n) is 6.64. The highest BCUT2D eigenvalue weighted by molar-refractivity contribution is 5.76. The fraction of sp³-hybridized carbons (Fsp3) is 0.923. The van der Waals surface area contributed by atoms with Gasteiger partial charge in [-0.3, -0.25) is 0 Å². The fourth-order valence-electron chi connectivity index (χ4n) is 4.59. The molecule has 0 heterocycles. The third-order valence-corrected chi connectivity index (χ3v) is 5.00. The Morgan fingerprint density at radius 2 is 2.17 bits per heavy atom. The second-order valence-corrected chi connectivity index (χ2v) is 6.64. The van der Waals surface area contributed by atoms with Gasteiger partial charge in [-0.05, 0) is 43.9 Å². The average Bonchev–Trinajstić information content (AvgIpc) is 2.55. The van der Waals surface area contributed by atoms with Crippen LogP contribution in [0.4, 0.5) is 8.78 Å². The molecule has 0 amide bonds. The van der Waals surface area contributed by atoms with E-state index in [1.54, 1.807) is 0 Å². The van der Waals surface area contributed by atoms with E-state index in [1.165, 1.54) is 0 Å². The quantitative estimate of drug-likeness (QED) is 0.791. The summed E-state index contributed by atoms with van der Waals surface area (Å²) in [4.78, 5) is 11.1. The van der Waals surface area contributed by atoms with Gasteiger partial charge in [-0.15, -0.1) is 0 Å². The summed E-state index contributed by atoms with van der Waals surface area (Å²) in [6.45, 7) is 0.595. The van der Waals surface area contributed by atoms with Crippen molar-refractivity contribution in [1.82, 2.24) is 0 Å². The molecule has 4 rings (SSSR count). The zero-order valence-corrected chi connectivity index (χ0v) is 10.4. The summed E-state index contributed by atoms with van der Waals surface area (Å²) in [5.74, 6) is -4.07. The number of carbonyl (C=O) groups excluding carboxylic acids is 1. The van der Waals surface area contributed by atoms with Gasteiger partial charge in [0.15, 0.2) is 0 Å². The molecule has 4 bridgehead atoms. The molecule has 0 aromatic carbocycles. The van der Waals surface area contributed by atoms with Gasteiger partial charge < -0.3 is 9.84 Å². The van der Waals surface area contributed by atoms with Gasteiger partial charge in [0.1, 0.15) is 0 Å². The van der Waals surface area contributed by atoms with Crippen LogP contribution in [0.25, 0.3) is 0 Å². The van der Waals surface area contributed by atoms with Gasteiger partial charge in [0.2, 0.25) is 0 Å². The Labute approximate surface area is 105 Å². The van der Waals surface area contributed by atoms with Crippen LogP contribution in [0.2, 0.25) is 0 Å². The van der Waals surface area contributed by atoms with Crippen LogP contribution in [-0.2, 0) is 9.53 Å². The van der Waals surface area contributed by atoms with Crippen molar-refractivity contribution in [3.05, 3.63) is 0 Å². The van der Waals surface area contributed by atoms with E-state index in [1.807, 2.05) is 0 Å². The highest BCUT2D eigenvalue weighted by atomic mass is 19.3. The van der Waals surface area contributed by atoms with E-state index in [0.717, 1.165) is 25.7 Å². The minimum atomic E-state index is -3.43. The Balaban J connectivity index is 1.69. The van der Waals surface area contributed by atoms with Crippen LogP contribution >= 0.6 is 0 Å². The zero-order chi connectivity index (χ0) is 13.2. The number of hydrogen-bond donors (Lipinski definition) is 1. The Hall–Kier alpha value is -0.710. The topological polar surface area (TPSA) is 46.5 Å². The zero-order valence-electron chi connectivity index (χ0n) is 10.4. The highest BCUT2D eigenvalue weighted by Crippen LogP contribution is 2.66. The molecule has 4 aliphatic carbocycles. The van der Waals surface area contributed by atoms with Crippen LogP contribution < -0.4 is 0 Å². The van der Waals surface area contributed by atoms with Crippen molar-refractivity contribution in [2.75, 3.05) is 6.61 Å². The molecule has 0 radical (unpaired) electrons.